The van der Waals surface area contributed by atoms with Crippen LogP contribution in [0.5, 0.6) is 0 Å². The Kier molecular flexibility index (Phi) is 16.8. The Morgan fingerprint density at radius 1 is 1.13 bits per heavy atom. The van der Waals surface area contributed by atoms with Crippen molar-refractivity contribution < 1.29 is 33.7 Å². The van der Waals surface area contributed by atoms with E-state index in [2.05, 4.69) is 70.4 Å². The Bertz CT molecular complexity index is 1030. The molecular weight excluding hydrogens is 586 g/mol. The Hall–Kier alpha value is -2.43. The fourth-order valence-corrected chi connectivity index (χ4v) is 6.94. The maximum atomic E-state index is 12.7. The molecule has 0 aromatic heterocycles. The molecule has 2 saturated heterocycles. The summed E-state index contributed by atoms with van der Waals surface area (Å²) in [6.45, 7) is 18.3. The molecule has 2 fully saturated rings. The number of amides is 3. The summed E-state index contributed by atoms with van der Waals surface area (Å²) in [4.78, 5) is 38.1. The van der Waals surface area contributed by atoms with E-state index in [1.165, 1.54) is 0 Å². The molecule has 0 bridgehead atoms. The molecule has 0 aliphatic carbocycles. The van der Waals surface area contributed by atoms with E-state index in [9.17, 15) is 19.5 Å². The number of hydrogen-bond donors (Lipinski definition) is 3. The highest BCUT2D eigenvalue weighted by molar-refractivity contribution is 5.82. The van der Waals surface area contributed by atoms with E-state index >= 15 is 0 Å². The third-order valence-electron chi connectivity index (χ3n) is 9.79. The SMILES string of the molecule is CC[C@H](OC)[C@@H](C)[C@H]1O[C@]1(C)C[C@H](C)/C=C/C=C(\C)[C@H]1O[C@@H](CC(=O)NCCCC[C@@H](NC(=O)N(CC)CC)C(=O)O)CC[C@@H]1C. The largest absolute Gasteiger partial charge is 0.480 e. The molecule has 0 aromatic carbocycles. The van der Waals surface area contributed by atoms with Crippen molar-refractivity contribution in [2.75, 3.05) is 26.7 Å². The van der Waals surface area contributed by atoms with Gasteiger partial charge < -0.3 is 34.9 Å². The lowest BCUT2D eigenvalue weighted by molar-refractivity contribution is -0.139. The van der Waals surface area contributed by atoms with Crippen molar-refractivity contribution in [3.8, 4) is 0 Å². The number of urea groups is 1. The van der Waals surface area contributed by atoms with Crippen molar-refractivity contribution in [3.63, 3.8) is 0 Å². The summed E-state index contributed by atoms with van der Waals surface area (Å²) >= 11 is 0. The summed E-state index contributed by atoms with van der Waals surface area (Å²) in [6, 6.07) is -1.31. The minimum Gasteiger partial charge on any atom is -0.480 e. The van der Waals surface area contributed by atoms with E-state index in [1.807, 2.05) is 13.8 Å². The second kappa shape index (κ2) is 19.4. The van der Waals surface area contributed by atoms with Crippen molar-refractivity contribution >= 4 is 17.9 Å². The van der Waals surface area contributed by atoms with Gasteiger partial charge in [0, 0.05) is 32.7 Å². The maximum Gasteiger partial charge on any atom is 0.326 e. The lowest BCUT2D eigenvalue weighted by Gasteiger charge is -2.35. The smallest absolute Gasteiger partial charge is 0.326 e. The molecule has 10 nitrogen and oxygen atoms in total. The normalized spacial score (nSPS) is 27.5. The third-order valence-corrected chi connectivity index (χ3v) is 9.79. The topological polar surface area (TPSA) is 130 Å². The maximum absolute atomic E-state index is 12.7. The predicted octanol–water partition coefficient (Wildman–Crippen LogP) is 6.10. The summed E-state index contributed by atoms with van der Waals surface area (Å²) in [5.41, 5.74) is 1.06. The first kappa shape index (κ1) is 39.7. The summed E-state index contributed by atoms with van der Waals surface area (Å²) in [7, 11) is 1.78. The predicted molar refractivity (Wildman–Crippen MR) is 182 cm³/mol. The number of nitrogens with one attached hydrogen (secondary N) is 2. The van der Waals surface area contributed by atoms with E-state index in [-0.39, 0.29) is 42.0 Å². The fraction of sp³-hybridized carbons (Fsp3) is 0.806. The highest BCUT2D eigenvalue weighted by atomic mass is 16.6. The number of allylic oxidation sites excluding steroid dienone is 3. The second-order valence-electron chi connectivity index (χ2n) is 13.7. The van der Waals surface area contributed by atoms with Crippen molar-refractivity contribution in [2.24, 2.45) is 17.8 Å². The van der Waals surface area contributed by atoms with Gasteiger partial charge in [-0.3, -0.25) is 4.79 Å². The first-order chi connectivity index (χ1) is 21.8. The Morgan fingerprint density at radius 3 is 2.43 bits per heavy atom. The fourth-order valence-electron chi connectivity index (χ4n) is 6.94. The number of epoxide rings is 1. The Morgan fingerprint density at radius 2 is 1.83 bits per heavy atom. The van der Waals surface area contributed by atoms with Gasteiger partial charge in [0.05, 0.1) is 36.4 Å². The van der Waals surface area contributed by atoms with Gasteiger partial charge in [-0.05, 0) is 90.0 Å². The number of carbonyl (C=O) groups excluding carboxylic acids is 2. The molecule has 2 heterocycles. The molecule has 2 rings (SSSR count). The number of unbranched alkanes of at least 4 members (excludes halogenated alkanes) is 1. The van der Waals surface area contributed by atoms with Crippen LogP contribution in [0.4, 0.5) is 4.79 Å². The van der Waals surface area contributed by atoms with E-state index in [0.717, 1.165) is 31.3 Å². The number of ether oxygens (including phenoxy) is 3. The van der Waals surface area contributed by atoms with Gasteiger partial charge in [0.1, 0.15) is 6.04 Å². The zero-order valence-electron chi connectivity index (χ0n) is 30.0. The summed E-state index contributed by atoms with van der Waals surface area (Å²) < 4.78 is 18.2. The van der Waals surface area contributed by atoms with Crippen LogP contribution in [0.25, 0.3) is 0 Å². The Balaban J connectivity index is 1.76. The summed E-state index contributed by atoms with van der Waals surface area (Å²) in [5.74, 6) is 0.00633. The van der Waals surface area contributed by atoms with Crippen molar-refractivity contribution in [1.29, 1.82) is 0 Å². The van der Waals surface area contributed by atoms with Crippen molar-refractivity contribution in [2.45, 2.75) is 143 Å². The lowest BCUT2D eigenvalue weighted by atomic mass is 9.86. The molecule has 46 heavy (non-hydrogen) atoms. The number of hydrogen-bond acceptors (Lipinski definition) is 6. The zero-order valence-corrected chi connectivity index (χ0v) is 30.0. The molecular formula is C36H63N3O7. The van der Waals surface area contributed by atoms with E-state index in [4.69, 9.17) is 14.2 Å². The first-order valence-electron chi connectivity index (χ1n) is 17.6. The van der Waals surface area contributed by atoms with Crippen LogP contribution in [-0.4, -0.2) is 90.7 Å². The minimum atomic E-state index is -1.05. The summed E-state index contributed by atoms with van der Waals surface area (Å²) in [6.07, 6.45) is 12.4. The van der Waals surface area contributed by atoms with Crippen LogP contribution in [0, 0.1) is 17.8 Å². The van der Waals surface area contributed by atoms with Crippen molar-refractivity contribution in [3.05, 3.63) is 23.8 Å². The van der Waals surface area contributed by atoms with Crippen LogP contribution in [-0.2, 0) is 23.8 Å². The number of carboxylic acid groups (broad SMARTS) is 1. The average Bonchev–Trinajstić information content (AvgIpc) is 3.68. The van der Waals surface area contributed by atoms with E-state index in [1.54, 1.807) is 12.0 Å². The molecule has 0 aromatic rings. The van der Waals surface area contributed by atoms with Gasteiger partial charge in [0.25, 0.3) is 0 Å². The lowest BCUT2D eigenvalue weighted by Crippen LogP contribution is -2.47. The molecule has 0 unspecified atom stereocenters. The molecule has 0 saturated carbocycles. The van der Waals surface area contributed by atoms with Crippen LogP contribution >= 0.6 is 0 Å². The molecule has 3 amide bonds. The minimum absolute atomic E-state index is 0.0273. The number of carboxylic acids is 1. The van der Waals surface area contributed by atoms with E-state index in [0.29, 0.717) is 63.1 Å². The molecule has 2 aliphatic rings. The second-order valence-corrected chi connectivity index (χ2v) is 13.7. The van der Waals surface area contributed by atoms with Gasteiger partial charge in [0.2, 0.25) is 5.91 Å². The number of nitrogens with zero attached hydrogens (tertiary/aromatic N) is 1. The number of rotatable bonds is 20. The van der Waals surface area contributed by atoms with Gasteiger partial charge >= 0.3 is 12.0 Å². The number of aliphatic carboxylic acids is 1. The van der Waals surface area contributed by atoms with Crippen LogP contribution in [0.2, 0.25) is 0 Å². The molecule has 264 valence electrons. The van der Waals surface area contributed by atoms with Crippen molar-refractivity contribution in [1.82, 2.24) is 15.5 Å². The van der Waals surface area contributed by atoms with Crippen LogP contribution < -0.4 is 10.6 Å². The highest BCUT2D eigenvalue weighted by Crippen LogP contribution is 2.47. The van der Waals surface area contributed by atoms with Gasteiger partial charge in [-0.25, -0.2) is 9.59 Å². The molecule has 2 aliphatic heterocycles. The molecule has 9 atom stereocenters. The third kappa shape index (κ3) is 12.3. The van der Waals surface area contributed by atoms with Crippen LogP contribution in [0.3, 0.4) is 0 Å². The average molecular weight is 650 g/mol. The monoisotopic (exact) mass is 649 g/mol. The molecule has 10 heteroatoms. The van der Waals surface area contributed by atoms with Crippen LogP contribution in [0.1, 0.15) is 107 Å². The van der Waals surface area contributed by atoms with Gasteiger partial charge in [-0.15, -0.1) is 0 Å². The zero-order chi connectivity index (χ0) is 34.4. The Labute approximate surface area is 278 Å². The van der Waals surface area contributed by atoms with Gasteiger partial charge in [0.15, 0.2) is 0 Å². The molecule has 0 spiro atoms. The van der Waals surface area contributed by atoms with Crippen LogP contribution in [0.15, 0.2) is 23.8 Å². The summed E-state index contributed by atoms with van der Waals surface area (Å²) in [5, 5.41) is 15.0. The molecule has 3 N–H and O–H groups in total. The van der Waals surface area contributed by atoms with E-state index < -0.39 is 12.0 Å². The number of methoxy groups -OCH3 is 1. The first-order valence-corrected chi connectivity index (χ1v) is 17.6. The molecule has 0 radical (unpaired) electrons. The standard InChI is InChI=1S/C36H63N3O7/c1-10-30(44-9)27(7)33-36(8,46-33)23-24(4)16-15-17-25(5)32-26(6)19-20-28(45-32)22-31(40)37-21-14-13-18-29(34(41)42)38-35(43)39(11-2)12-3/h15-17,24,26-30,32-33H,10-14,18-23H2,1-9H3,(H,37,40)(H,38,43)(H,41,42)/b16-15+,25-17+/t24-,26+,27-,28-,29-,30+,32-,33-,36-/m1/s1. The van der Waals surface area contributed by atoms with Gasteiger partial charge in [-0.1, -0.05) is 45.9 Å². The van der Waals surface area contributed by atoms with Gasteiger partial charge in [-0.2, -0.15) is 0 Å². The highest BCUT2D eigenvalue weighted by Gasteiger charge is 2.56. The number of carbonyl (C=O) groups is 3. The quantitative estimate of drug-likeness (QED) is 0.0826.